The maximum Gasteiger partial charge on any atom is 0.247 e. The van der Waals surface area contributed by atoms with Crippen molar-refractivity contribution in [1.29, 1.82) is 0 Å². The maximum absolute atomic E-state index is 13.7. The second kappa shape index (κ2) is 9.20. The largest absolute Gasteiger partial charge is 0.399 e. The van der Waals surface area contributed by atoms with Gasteiger partial charge in [0.05, 0.1) is 10.9 Å². The van der Waals surface area contributed by atoms with E-state index in [9.17, 15) is 18.8 Å². The summed E-state index contributed by atoms with van der Waals surface area (Å²) in [6, 6.07) is 19.5. The Bertz CT molecular complexity index is 1220. The molecule has 3 aromatic rings. The fourth-order valence-electron chi connectivity index (χ4n) is 3.37. The van der Waals surface area contributed by atoms with Crippen molar-refractivity contribution >= 4 is 46.8 Å². The summed E-state index contributed by atoms with van der Waals surface area (Å²) < 4.78 is 13.7. The van der Waals surface area contributed by atoms with Crippen LogP contribution in [0.5, 0.6) is 0 Å². The molecule has 0 aromatic heterocycles. The van der Waals surface area contributed by atoms with Crippen molar-refractivity contribution < 1.29 is 18.8 Å². The first-order valence-electron chi connectivity index (χ1n) is 9.88. The molecular weight excluding hydrogens is 427 g/mol. The lowest BCUT2D eigenvalue weighted by Crippen LogP contribution is -2.31. The van der Waals surface area contributed by atoms with E-state index in [1.807, 2.05) is 6.07 Å². The zero-order valence-corrected chi connectivity index (χ0v) is 17.7. The number of imide groups is 1. The summed E-state index contributed by atoms with van der Waals surface area (Å²) in [5.41, 5.74) is 7.47. The number of hydrogen-bond acceptors (Lipinski definition) is 5. The van der Waals surface area contributed by atoms with E-state index in [0.717, 1.165) is 9.80 Å². The molecule has 0 radical (unpaired) electrons. The second-order valence-corrected chi connectivity index (χ2v) is 8.49. The molecule has 1 fully saturated rings. The zero-order valence-electron chi connectivity index (χ0n) is 16.9. The molecule has 5 nitrogen and oxygen atoms in total. The first kappa shape index (κ1) is 21.5. The van der Waals surface area contributed by atoms with E-state index in [4.69, 9.17) is 5.73 Å². The van der Waals surface area contributed by atoms with Crippen LogP contribution in [0.1, 0.15) is 22.3 Å². The lowest BCUT2D eigenvalue weighted by atomic mass is 10.1. The summed E-state index contributed by atoms with van der Waals surface area (Å²) >= 11 is 1.30. The summed E-state index contributed by atoms with van der Waals surface area (Å²) in [5, 5.41) is -0.533. The topological polar surface area (TPSA) is 80.5 Å². The minimum Gasteiger partial charge on any atom is -0.399 e. The average molecular weight is 447 g/mol. The fourth-order valence-corrected chi connectivity index (χ4v) is 4.49. The van der Waals surface area contributed by atoms with Gasteiger partial charge in [-0.05, 0) is 60.7 Å². The van der Waals surface area contributed by atoms with Gasteiger partial charge in [-0.15, -0.1) is 11.8 Å². The third kappa shape index (κ3) is 4.63. The van der Waals surface area contributed by atoms with Crippen LogP contribution in [-0.2, 0) is 9.59 Å². The number of ketones is 1. The van der Waals surface area contributed by atoms with Crippen molar-refractivity contribution in [3.63, 3.8) is 0 Å². The summed E-state index contributed by atoms with van der Waals surface area (Å²) in [4.78, 5) is 39.7. The summed E-state index contributed by atoms with van der Waals surface area (Å²) in [5.74, 6) is -1.33. The highest BCUT2D eigenvalue weighted by atomic mass is 32.2. The van der Waals surface area contributed by atoms with Crippen LogP contribution in [-0.4, -0.2) is 22.8 Å². The molecule has 0 spiro atoms. The Hall–Kier alpha value is -3.71. The Morgan fingerprint density at radius 1 is 1.03 bits per heavy atom. The van der Waals surface area contributed by atoms with Gasteiger partial charge in [0.25, 0.3) is 0 Å². The Morgan fingerprint density at radius 3 is 2.50 bits per heavy atom. The number of rotatable bonds is 6. The van der Waals surface area contributed by atoms with Crippen LogP contribution in [0, 0.1) is 5.82 Å². The first-order chi connectivity index (χ1) is 15.4. The van der Waals surface area contributed by atoms with Crippen molar-refractivity contribution in [2.24, 2.45) is 0 Å². The SMILES string of the molecule is Nc1cccc(SC2CC(=O)N(c3ccc(C(=O)/C=C/c4ccccc4F)cc3)C2=O)c1. The zero-order chi connectivity index (χ0) is 22.7. The minimum absolute atomic E-state index is 0.0877. The molecule has 1 unspecified atom stereocenters. The normalized spacial score (nSPS) is 16.2. The van der Waals surface area contributed by atoms with Gasteiger partial charge in [0.1, 0.15) is 5.82 Å². The van der Waals surface area contributed by atoms with Gasteiger partial charge in [0.2, 0.25) is 11.8 Å². The number of benzene rings is 3. The molecule has 0 bridgehead atoms. The van der Waals surface area contributed by atoms with Gasteiger partial charge < -0.3 is 5.73 Å². The predicted octanol–water partition coefficient (Wildman–Crippen LogP) is 4.73. The van der Waals surface area contributed by atoms with Crippen molar-refractivity contribution in [1.82, 2.24) is 0 Å². The number of carbonyl (C=O) groups excluding carboxylic acids is 3. The molecule has 1 saturated heterocycles. The van der Waals surface area contributed by atoms with Gasteiger partial charge in [-0.3, -0.25) is 14.4 Å². The Kier molecular flexibility index (Phi) is 6.18. The summed E-state index contributed by atoms with van der Waals surface area (Å²) in [6.07, 6.45) is 2.79. The van der Waals surface area contributed by atoms with Gasteiger partial charge in [0.15, 0.2) is 5.78 Å². The van der Waals surface area contributed by atoms with Crippen molar-refractivity contribution in [2.75, 3.05) is 10.6 Å². The van der Waals surface area contributed by atoms with Gasteiger partial charge >= 0.3 is 0 Å². The second-order valence-electron chi connectivity index (χ2n) is 7.22. The molecule has 0 saturated carbocycles. The molecule has 2 N–H and O–H groups in total. The Balaban J connectivity index is 1.46. The van der Waals surface area contributed by atoms with Crippen molar-refractivity contribution in [3.05, 3.63) is 95.8 Å². The minimum atomic E-state index is -0.533. The highest BCUT2D eigenvalue weighted by molar-refractivity contribution is 8.00. The van der Waals surface area contributed by atoms with Gasteiger partial charge in [0, 0.05) is 28.1 Å². The molecule has 2 amide bonds. The Morgan fingerprint density at radius 2 is 1.78 bits per heavy atom. The van der Waals surface area contributed by atoms with Crippen molar-refractivity contribution in [3.8, 4) is 0 Å². The van der Waals surface area contributed by atoms with Crippen LogP contribution in [0.15, 0.2) is 83.8 Å². The number of halogens is 1. The smallest absolute Gasteiger partial charge is 0.247 e. The van der Waals surface area contributed by atoms with Crippen molar-refractivity contribution in [2.45, 2.75) is 16.6 Å². The number of anilines is 2. The van der Waals surface area contributed by atoms with Gasteiger partial charge in [-0.1, -0.05) is 24.3 Å². The number of nitrogens with two attached hydrogens (primary N) is 1. The first-order valence-corrected chi connectivity index (χ1v) is 10.8. The predicted molar refractivity (Wildman–Crippen MR) is 124 cm³/mol. The van der Waals surface area contributed by atoms with Crippen LogP contribution >= 0.6 is 11.8 Å². The van der Waals surface area contributed by atoms with E-state index in [2.05, 4.69) is 0 Å². The number of nitrogen functional groups attached to an aromatic ring is 1. The summed E-state index contributed by atoms with van der Waals surface area (Å²) in [6.45, 7) is 0. The highest BCUT2D eigenvalue weighted by Gasteiger charge is 2.40. The van der Waals surface area contributed by atoms with E-state index in [-0.39, 0.29) is 24.0 Å². The van der Waals surface area contributed by atoms with Gasteiger partial charge in [-0.25, -0.2) is 9.29 Å². The number of carbonyl (C=O) groups is 3. The number of nitrogens with zero attached hydrogens (tertiary/aromatic N) is 1. The third-order valence-electron chi connectivity index (χ3n) is 4.97. The van der Waals surface area contributed by atoms with E-state index in [0.29, 0.717) is 22.5 Å². The molecule has 4 rings (SSSR count). The van der Waals surface area contributed by atoms with Crippen LogP contribution in [0.3, 0.4) is 0 Å². The van der Waals surface area contributed by atoms with Gasteiger partial charge in [-0.2, -0.15) is 0 Å². The molecule has 1 atom stereocenters. The Labute approximate surface area is 188 Å². The molecule has 0 aliphatic carbocycles. The average Bonchev–Trinajstić information content (AvgIpc) is 3.06. The molecule has 3 aromatic carbocycles. The third-order valence-corrected chi connectivity index (χ3v) is 6.15. The molecular formula is C25H19FN2O3S. The number of allylic oxidation sites excluding steroid dienone is 1. The highest BCUT2D eigenvalue weighted by Crippen LogP contribution is 2.34. The van der Waals surface area contributed by atoms with E-state index in [1.165, 1.54) is 30.0 Å². The maximum atomic E-state index is 13.7. The number of thioether (sulfide) groups is 1. The lowest BCUT2D eigenvalue weighted by Gasteiger charge is -2.15. The summed E-state index contributed by atoms with van der Waals surface area (Å²) in [7, 11) is 0. The van der Waals surface area contributed by atoms with Crippen LogP contribution < -0.4 is 10.6 Å². The molecule has 7 heteroatoms. The van der Waals surface area contributed by atoms with Crippen LogP contribution in [0.4, 0.5) is 15.8 Å². The van der Waals surface area contributed by atoms with Crippen LogP contribution in [0.2, 0.25) is 0 Å². The standard InChI is InChI=1S/C25H19FN2O3S/c26-21-7-2-1-4-16(21)10-13-22(29)17-8-11-19(12-9-17)28-24(30)15-23(25(28)31)32-20-6-3-5-18(27)14-20/h1-14,23H,15,27H2/b13-10+. The monoisotopic (exact) mass is 446 g/mol. The van der Waals surface area contributed by atoms with E-state index >= 15 is 0 Å². The fraction of sp³-hybridized carbons (Fsp3) is 0.0800. The number of amides is 2. The molecule has 1 aliphatic heterocycles. The molecule has 1 aliphatic rings. The van der Waals surface area contributed by atoms with E-state index in [1.54, 1.807) is 60.7 Å². The van der Waals surface area contributed by atoms with Crippen LogP contribution in [0.25, 0.3) is 6.08 Å². The quantitative estimate of drug-likeness (QED) is 0.256. The molecule has 1 heterocycles. The van der Waals surface area contributed by atoms with E-state index < -0.39 is 11.1 Å². The molecule has 32 heavy (non-hydrogen) atoms. The molecule has 160 valence electrons. The number of hydrogen-bond donors (Lipinski definition) is 1. The lowest BCUT2D eigenvalue weighted by molar-refractivity contribution is -0.121.